The monoisotopic (exact) mass is 353 g/mol. The van der Waals surface area contributed by atoms with Gasteiger partial charge < -0.3 is 4.74 Å². The fourth-order valence-electron chi connectivity index (χ4n) is 1.79. The summed E-state index contributed by atoms with van der Waals surface area (Å²) in [5.41, 5.74) is 3.13. The molecule has 0 heterocycles. The van der Waals surface area contributed by atoms with Crippen LogP contribution in [0.25, 0.3) is 6.08 Å². The van der Waals surface area contributed by atoms with Crippen LogP contribution in [0.15, 0.2) is 72.3 Å². The van der Waals surface area contributed by atoms with Crippen LogP contribution in [0.2, 0.25) is 0 Å². The molecule has 0 spiro atoms. The Hall–Kier alpha value is -3.22. The third-order valence-electron chi connectivity index (χ3n) is 3.12. The zero-order valence-corrected chi connectivity index (χ0v) is 14.3. The second kappa shape index (κ2) is 10.6. The van der Waals surface area contributed by atoms with E-state index in [9.17, 15) is 4.79 Å². The normalized spacial score (nSPS) is 11.0. The molecule has 0 amide bonds. The topological polar surface area (TPSA) is 66.4 Å². The minimum atomic E-state index is -0.761. The Kier molecular flexibility index (Phi) is 7.79. The molecule has 2 rings (SSSR count). The largest absolute Gasteiger partial charge is 0.464 e. The predicted octanol–water partition coefficient (Wildman–Crippen LogP) is 4.34. The number of ether oxygens (including phenoxy) is 1. The number of hydrogen-bond donors (Lipinski definition) is 0. The van der Waals surface area contributed by atoms with E-state index in [1.807, 2.05) is 12.2 Å². The summed E-state index contributed by atoms with van der Waals surface area (Å²) in [7, 11) is 0. The van der Waals surface area contributed by atoms with Crippen LogP contribution < -0.4 is 4.74 Å². The molecule has 0 atom stereocenters. The summed E-state index contributed by atoms with van der Waals surface area (Å²) in [5.74, 6) is -0.207. The maximum absolute atomic E-state index is 10.7. The average molecular weight is 353 g/mol. The van der Waals surface area contributed by atoms with Gasteiger partial charge in [0.2, 0.25) is 6.79 Å². The van der Waals surface area contributed by atoms with Gasteiger partial charge in [-0.05, 0) is 47.9 Å². The van der Waals surface area contributed by atoms with Gasteiger partial charge in [-0.15, -0.1) is 0 Å². The van der Waals surface area contributed by atoms with Crippen LogP contribution in [0.4, 0.5) is 5.69 Å². The van der Waals surface area contributed by atoms with Crippen molar-refractivity contribution in [2.24, 2.45) is 4.99 Å². The molecule has 26 heavy (non-hydrogen) atoms. The minimum Gasteiger partial charge on any atom is -0.464 e. The zero-order valence-electron chi connectivity index (χ0n) is 14.3. The van der Waals surface area contributed by atoms with E-state index in [1.54, 1.807) is 30.5 Å². The van der Waals surface area contributed by atoms with Gasteiger partial charge in [0.1, 0.15) is 5.75 Å². The van der Waals surface area contributed by atoms with Crippen molar-refractivity contribution < 1.29 is 24.3 Å². The fourth-order valence-corrected chi connectivity index (χ4v) is 1.79. The molecule has 0 bridgehead atoms. The Bertz CT molecular complexity index is 764. The van der Waals surface area contributed by atoms with Crippen LogP contribution in [0.1, 0.15) is 11.1 Å². The van der Waals surface area contributed by atoms with Crippen molar-refractivity contribution in [1.29, 1.82) is 0 Å². The van der Waals surface area contributed by atoms with Gasteiger partial charge in [0, 0.05) is 12.3 Å². The van der Waals surface area contributed by atoms with Crippen molar-refractivity contribution in [2.45, 2.75) is 6.92 Å². The van der Waals surface area contributed by atoms with Crippen molar-refractivity contribution in [1.82, 2.24) is 0 Å². The van der Waals surface area contributed by atoms with E-state index in [0.717, 1.165) is 17.3 Å². The Morgan fingerprint density at radius 2 is 1.85 bits per heavy atom. The number of aryl methyl sites for hydroxylation is 1. The molecule has 0 fully saturated rings. The van der Waals surface area contributed by atoms with Crippen LogP contribution in [-0.2, 0) is 19.6 Å². The lowest BCUT2D eigenvalue weighted by Gasteiger charge is -2.05. The quantitative estimate of drug-likeness (QED) is 0.168. The van der Waals surface area contributed by atoms with Crippen LogP contribution in [-0.4, -0.2) is 19.0 Å². The minimum absolute atomic E-state index is 0.244. The number of hydrogen-bond acceptors (Lipinski definition) is 6. The Morgan fingerprint density at radius 3 is 2.54 bits per heavy atom. The van der Waals surface area contributed by atoms with E-state index >= 15 is 0 Å². The molecule has 6 nitrogen and oxygen atoms in total. The van der Waals surface area contributed by atoms with E-state index in [1.165, 1.54) is 5.56 Å². The first-order valence-electron chi connectivity index (χ1n) is 7.80. The van der Waals surface area contributed by atoms with Gasteiger partial charge in [-0.2, -0.15) is 4.89 Å². The summed E-state index contributed by atoms with van der Waals surface area (Å²) < 4.78 is 5.24. The summed E-state index contributed by atoms with van der Waals surface area (Å²) in [6, 6.07) is 15.3. The number of rotatable bonds is 9. The van der Waals surface area contributed by atoms with Crippen molar-refractivity contribution in [3.63, 3.8) is 0 Å². The molecule has 2 aromatic carbocycles. The van der Waals surface area contributed by atoms with Crippen molar-refractivity contribution >= 4 is 23.9 Å². The molecular weight excluding hydrogens is 334 g/mol. The molecule has 0 aliphatic heterocycles. The average Bonchev–Trinajstić information content (AvgIpc) is 2.67. The fraction of sp³-hybridized carbons (Fsp3) is 0.100. The number of nitrogens with zero attached hydrogens (tertiary/aromatic N) is 1. The predicted molar refractivity (Wildman–Crippen MR) is 98.8 cm³/mol. The third-order valence-corrected chi connectivity index (χ3v) is 3.12. The second-order valence-electron chi connectivity index (χ2n) is 5.10. The number of carbonyl (C=O) groups excluding carboxylic acids is 1. The Balaban J connectivity index is 1.73. The van der Waals surface area contributed by atoms with E-state index in [0.29, 0.717) is 5.75 Å². The highest BCUT2D eigenvalue weighted by Crippen LogP contribution is 2.17. The van der Waals surface area contributed by atoms with Gasteiger partial charge in [0.15, 0.2) is 0 Å². The van der Waals surface area contributed by atoms with Gasteiger partial charge in [-0.3, -0.25) is 9.88 Å². The zero-order chi connectivity index (χ0) is 18.6. The lowest BCUT2D eigenvalue weighted by Crippen LogP contribution is -2.07. The summed E-state index contributed by atoms with van der Waals surface area (Å²) in [5, 5.41) is 4.16. The van der Waals surface area contributed by atoms with E-state index in [2.05, 4.69) is 57.6 Å². The van der Waals surface area contributed by atoms with Gasteiger partial charge in [-0.25, -0.2) is 4.79 Å². The first-order valence-corrected chi connectivity index (χ1v) is 7.80. The number of benzene rings is 2. The molecule has 2 aromatic rings. The van der Waals surface area contributed by atoms with Crippen LogP contribution in [0.5, 0.6) is 5.75 Å². The third kappa shape index (κ3) is 7.12. The molecule has 0 radical (unpaired) electrons. The van der Waals surface area contributed by atoms with Gasteiger partial charge in [0.05, 0.1) is 5.69 Å². The highest BCUT2D eigenvalue weighted by atomic mass is 17.5. The molecule has 0 unspecified atom stereocenters. The maximum Gasteiger partial charge on any atom is 0.368 e. The molecule has 0 N–H and O–H groups in total. The Labute approximate surface area is 151 Å². The molecular formula is C20H19NO5. The van der Waals surface area contributed by atoms with E-state index in [-0.39, 0.29) is 6.79 Å². The van der Waals surface area contributed by atoms with Gasteiger partial charge >= 0.3 is 5.97 Å². The first-order chi connectivity index (χ1) is 12.7. The standard InChI is InChI=1S/C20H19NO5/c1-3-20(22)25-26-24-15-23-19-12-10-18(11-13-19)21-14-4-5-17-8-6-16(2)7-9-17/h3-14H,1,15H2,2H3/b5-4+,21-14+. The molecule has 134 valence electrons. The molecule has 0 saturated carbocycles. The summed E-state index contributed by atoms with van der Waals surface area (Å²) >= 11 is 0. The Morgan fingerprint density at radius 1 is 1.12 bits per heavy atom. The smallest absolute Gasteiger partial charge is 0.368 e. The molecule has 0 aliphatic rings. The first kappa shape index (κ1) is 19.1. The highest BCUT2D eigenvalue weighted by Gasteiger charge is 1.98. The summed E-state index contributed by atoms with van der Waals surface area (Å²) in [6.45, 7) is 5.01. The molecule has 0 aromatic heterocycles. The molecule has 6 heteroatoms. The maximum atomic E-state index is 10.7. The van der Waals surface area contributed by atoms with Gasteiger partial charge in [0.25, 0.3) is 0 Å². The molecule has 0 aliphatic carbocycles. The number of carbonyl (C=O) groups is 1. The summed E-state index contributed by atoms with van der Waals surface area (Å²) in [6.07, 6.45) is 6.53. The van der Waals surface area contributed by atoms with Crippen molar-refractivity contribution in [2.75, 3.05) is 6.79 Å². The highest BCUT2D eigenvalue weighted by molar-refractivity contribution is 5.81. The lowest BCUT2D eigenvalue weighted by atomic mass is 10.1. The lowest BCUT2D eigenvalue weighted by molar-refractivity contribution is -0.497. The van der Waals surface area contributed by atoms with E-state index < -0.39 is 5.97 Å². The van der Waals surface area contributed by atoms with Crippen LogP contribution in [0, 0.1) is 6.92 Å². The van der Waals surface area contributed by atoms with Gasteiger partial charge in [-0.1, -0.05) is 42.5 Å². The van der Waals surface area contributed by atoms with Crippen molar-refractivity contribution in [3.05, 3.63) is 78.4 Å². The van der Waals surface area contributed by atoms with Crippen LogP contribution in [0.3, 0.4) is 0 Å². The number of aliphatic imine (C=N–C) groups is 1. The summed E-state index contributed by atoms with van der Waals surface area (Å²) in [4.78, 5) is 23.7. The van der Waals surface area contributed by atoms with E-state index in [4.69, 9.17) is 4.74 Å². The SMILES string of the molecule is C=CC(=O)OOOCOc1ccc(/N=C/C=C/c2ccc(C)cc2)cc1. The van der Waals surface area contributed by atoms with Crippen molar-refractivity contribution in [3.8, 4) is 5.75 Å². The molecule has 0 saturated heterocycles. The second-order valence-corrected chi connectivity index (χ2v) is 5.10. The van der Waals surface area contributed by atoms with Crippen LogP contribution >= 0.6 is 0 Å². The number of allylic oxidation sites excluding steroid dienone is 1.